The Morgan fingerprint density at radius 3 is 2.75 bits per heavy atom. The van der Waals surface area contributed by atoms with E-state index in [1.54, 1.807) is 6.20 Å². The van der Waals surface area contributed by atoms with Gasteiger partial charge < -0.3 is 4.59 Å². The lowest BCUT2D eigenvalue weighted by atomic mass is 9.90. The minimum absolute atomic E-state index is 0.451. The molecule has 0 aliphatic heterocycles. The summed E-state index contributed by atoms with van der Waals surface area (Å²) in [4.78, 5) is 0. The van der Waals surface area contributed by atoms with Gasteiger partial charge in [0.1, 0.15) is 7.85 Å². The highest BCUT2D eigenvalue weighted by Gasteiger charge is 2.09. The highest BCUT2D eigenvalue weighted by Crippen LogP contribution is 2.17. The molecule has 1 aromatic heterocycles. The SMILES string of the molecule is [B]c1nn([B])cc1C(C)CCC. The lowest BCUT2D eigenvalue weighted by molar-refractivity contribution is 0.668. The number of aromatic nitrogens is 2. The molecule has 0 saturated carbocycles. The number of nitrogens with zero attached hydrogens (tertiary/aromatic N) is 2. The van der Waals surface area contributed by atoms with Gasteiger partial charge in [-0.05, 0) is 17.9 Å². The summed E-state index contributed by atoms with van der Waals surface area (Å²) in [5.74, 6) is 0.451. The van der Waals surface area contributed by atoms with E-state index in [9.17, 15) is 0 Å². The molecular formula is C8H12B2N2. The second-order valence-corrected chi connectivity index (χ2v) is 3.14. The van der Waals surface area contributed by atoms with Gasteiger partial charge in [-0.15, -0.1) is 0 Å². The Balaban J connectivity index is 2.79. The molecule has 0 N–H and O–H groups in total. The van der Waals surface area contributed by atoms with E-state index in [1.165, 1.54) is 4.59 Å². The molecule has 1 unspecified atom stereocenters. The molecule has 0 aromatic carbocycles. The quantitative estimate of drug-likeness (QED) is 0.585. The molecule has 60 valence electrons. The Hall–Kier alpha value is -0.660. The molecule has 1 heterocycles. The van der Waals surface area contributed by atoms with Gasteiger partial charge in [0.25, 0.3) is 7.98 Å². The molecule has 1 aromatic rings. The summed E-state index contributed by atoms with van der Waals surface area (Å²) in [6.45, 7) is 4.29. The van der Waals surface area contributed by atoms with E-state index in [4.69, 9.17) is 15.8 Å². The molecule has 2 nitrogen and oxygen atoms in total. The zero-order chi connectivity index (χ0) is 9.14. The summed E-state index contributed by atoms with van der Waals surface area (Å²) >= 11 is 0. The number of hydrogen-bond donors (Lipinski definition) is 0. The van der Waals surface area contributed by atoms with Crippen LogP contribution in [0.25, 0.3) is 0 Å². The van der Waals surface area contributed by atoms with Crippen LogP contribution in [0.2, 0.25) is 0 Å². The molecule has 0 bridgehead atoms. The van der Waals surface area contributed by atoms with Crippen LogP contribution in [-0.4, -0.2) is 25.5 Å². The molecular weight excluding hydrogens is 146 g/mol. The Morgan fingerprint density at radius 1 is 1.67 bits per heavy atom. The fourth-order valence-electron chi connectivity index (χ4n) is 1.39. The molecule has 0 spiro atoms. The Bertz CT molecular complexity index is 258. The summed E-state index contributed by atoms with van der Waals surface area (Å²) in [6.07, 6.45) is 4.06. The third-order valence-electron chi connectivity index (χ3n) is 2.04. The van der Waals surface area contributed by atoms with Crippen molar-refractivity contribution in [1.29, 1.82) is 0 Å². The fourth-order valence-corrected chi connectivity index (χ4v) is 1.39. The second-order valence-electron chi connectivity index (χ2n) is 3.14. The lowest BCUT2D eigenvalue weighted by Gasteiger charge is -2.07. The second kappa shape index (κ2) is 3.83. The van der Waals surface area contributed by atoms with E-state index in [0.717, 1.165) is 18.4 Å². The average molecular weight is 158 g/mol. The van der Waals surface area contributed by atoms with Crippen molar-refractivity contribution in [3.05, 3.63) is 11.8 Å². The van der Waals surface area contributed by atoms with Gasteiger partial charge in [-0.25, -0.2) is 5.10 Å². The van der Waals surface area contributed by atoms with Crippen molar-refractivity contribution in [3.63, 3.8) is 0 Å². The van der Waals surface area contributed by atoms with Crippen LogP contribution < -0.4 is 5.59 Å². The average Bonchev–Trinajstić information content (AvgIpc) is 2.30. The van der Waals surface area contributed by atoms with E-state index >= 15 is 0 Å². The molecule has 4 heteroatoms. The van der Waals surface area contributed by atoms with Crippen molar-refractivity contribution in [1.82, 2.24) is 9.69 Å². The van der Waals surface area contributed by atoms with Crippen LogP contribution in [-0.2, 0) is 0 Å². The van der Waals surface area contributed by atoms with Crippen LogP contribution in [0.5, 0.6) is 0 Å². The maximum absolute atomic E-state index is 5.66. The summed E-state index contributed by atoms with van der Waals surface area (Å²) < 4.78 is 1.27. The highest BCUT2D eigenvalue weighted by atomic mass is 15.2. The van der Waals surface area contributed by atoms with Gasteiger partial charge in [0, 0.05) is 11.8 Å². The molecule has 0 aliphatic rings. The first-order chi connectivity index (χ1) is 5.65. The van der Waals surface area contributed by atoms with E-state index in [2.05, 4.69) is 18.9 Å². The minimum atomic E-state index is 0.451. The van der Waals surface area contributed by atoms with Gasteiger partial charge in [-0.3, -0.25) is 0 Å². The normalized spacial score (nSPS) is 13.2. The molecule has 1 rings (SSSR count). The smallest absolute Gasteiger partial charge is 0.264 e. The third kappa shape index (κ3) is 1.93. The van der Waals surface area contributed by atoms with Gasteiger partial charge in [-0.1, -0.05) is 20.3 Å². The largest absolute Gasteiger partial charge is 0.331 e. The van der Waals surface area contributed by atoms with Crippen LogP contribution in [0.4, 0.5) is 0 Å². The first-order valence-electron chi connectivity index (χ1n) is 4.25. The van der Waals surface area contributed by atoms with Crippen molar-refractivity contribution >= 4 is 21.4 Å². The molecule has 0 amide bonds. The summed E-state index contributed by atoms with van der Waals surface area (Å²) in [5, 5.41) is 3.89. The predicted octanol–water partition coefficient (Wildman–Crippen LogP) is 0.512. The maximum atomic E-state index is 5.66. The molecule has 0 aliphatic carbocycles. The lowest BCUT2D eigenvalue weighted by Crippen LogP contribution is -2.12. The van der Waals surface area contributed by atoms with E-state index in [-0.39, 0.29) is 0 Å². The Labute approximate surface area is 76.2 Å². The molecule has 4 radical (unpaired) electrons. The molecule has 0 fully saturated rings. The number of hydrogen-bond acceptors (Lipinski definition) is 1. The summed E-state index contributed by atoms with van der Waals surface area (Å²) in [5.41, 5.74) is 1.61. The van der Waals surface area contributed by atoms with Gasteiger partial charge in [0.05, 0.1) is 0 Å². The summed E-state index contributed by atoms with van der Waals surface area (Å²) in [6, 6.07) is 0. The van der Waals surface area contributed by atoms with E-state index in [1.807, 2.05) is 0 Å². The Morgan fingerprint density at radius 2 is 2.33 bits per heavy atom. The zero-order valence-electron chi connectivity index (χ0n) is 7.62. The maximum Gasteiger partial charge on any atom is 0.264 e. The first kappa shape index (κ1) is 9.43. The van der Waals surface area contributed by atoms with Crippen molar-refractivity contribution in [2.45, 2.75) is 32.6 Å². The van der Waals surface area contributed by atoms with Crippen LogP contribution in [0, 0.1) is 0 Å². The molecule has 0 saturated heterocycles. The van der Waals surface area contributed by atoms with Crippen LogP contribution >= 0.6 is 0 Å². The number of rotatable bonds is 3. The third-order valence-corrected chi connectivity index (χ3v) is 2.04. The fraction of sp³-hybridized carbons (Fsp3) is 0.625. The van der Waals surface area contributed by atoms with Crippen LogP contribution in [0.3, 0.4) is 0 Å². The Kier molecular flexibility index (Phi) is 3.01. The first-order valence-corrected chi connectivity index (χ1v) is 4.25. The van der Waals surface area contributed by atoms with Gasteiger partial charge in [0.2, 0.25) is 0 Å². The predicted molar refractivity (Wildman–Crippen MR) is 52.1 cm³/mol. The van der Waals surface area contributed by atoms with Crippen molar-refractivity contribution < 1.29 is 0 Å². The van der Waals surface area contributed by atoms with Crippen molar-refractivity contribution in [3.8, 4) is 0 Å². The van der Waals surface area contributed by atoms with Gasteiger partial charge in [-0.2, -0.15) is 0 Å². The topological polar surface area (TPSA) is 17.8 Å². The monoisotopic (exact) mass is 158 g/mol. The standard InChI is InChI=1S/C8H12B2N2/c1-3-4-6(2)7-5-12(10)11-8(7)9/h5-6H,3-4H2,1-2H3. The van der Waals surface area contributed by atoms with E-state index in [0.29, 0.717) is 11.5 Å². The van der Waals surface area contributed by atoms with Gasteiger partial charge in [0.15, 0.2) is 0 Å². The summed E-state index contributed by atoms with van der Waals surface area (Å²) in [7, 11) is 11.1. The minimum Gasteiger partial charge on any atom is -0.331 e. The molecule has 12 heavy (non-hydrogen) atoms. The highest BCUT2D eigenvalue weighted by molar-refractivity contribution is 6.32. The van der Waals surface area contributed by atoms with Crippen LogP contribution in [0.15, 0.2) is 6.20 Å². The van der Waals surface area contributed by atoms with Crippen molar-refractivity contribution in [2.24, 2.45) is 0 Å². The van der Waals surface area contributed by atoms with Gasteiger partial charge >= 0.3 is 0 Å². The zero-order valence-corrected chi connectivity index (χ0v) is 7.62. The molecule has 1 atom stereocenters. The van der Waals surface area contributed by atoms with E-state index < -0.39 is 0 Å². The van der Waals surface area contributed by atoms with Crippen LogP contribution in [0.1, 0.15) is 38.2 Å². The van der Waals surface area contributed by atoms with Crippen molar-refractivity contribution in [2.75, 3.05) is 0 Å².